The average molecular weight is 252 g/mol. The van der Waals surface area contributed by atoms with Gasteiger partial charge in [-0.25, -0.2) is 0 Å². The van der Waals surface area contributed by atoms with E-state index in [-0.39, 0.29) is 0 Å². The van der Waals surface area contributed by atoms with Crippen LogP contribution in [0.2, 0.25) is 0 Å². The molecule has 3 fully saturated rings. The van der Waals surface area contributed by atoms with E-state index in [2.05, 4.69) is 34.0 Å². The third-order valence-corrected chi connectivity index (χ3v) is 5.24. The molecule has 3 aliphatic rings. The first-order chi connectivity index (χ1) is 8.74. The van der Waals surface area contributed by atoms with Gasteiger partial charge in [0.05, 0.1) is 12.2 Å². The molecule has 1 N–H and O–H groups in total. The van der Waals surface area contributed by atoms with E-state index in [4.69, 9.17) is 0 Å². The topological polar surface area (TPSA) is 21.8 Å². The first-order valence-electron chi connectivity index (χ1n) is 7.61. The van der Waals surface area contributed by atoms with Gasteiger partial charge in [0.2, 0.25) is 0 Å². The molecular weight excluding hydrogens is 224 g/mol. The number of nitrogens with zero attached hydrogens (tertiary/aromatic N) is 3. The molecule has 104 valence electrons. The number of hydrogen-bond acceptors (Lipinski definition) is 4. The zero-order valence-electron chi connectivity index (χ0n) is 12.0. The van der Waals surface area contributed by atoms with Crippen molar-refractivity contribution in [1.29, 1.82) is 0 Å². The fourth-order valence-electron chi connectivity index (χ4n) is 4.18. The Morgan fingerprint density at radius 3 is 2.94 bits per heavy atom. The van der Waals surface area contributed by atoms with Gasteiger partial charge in [0.15, 0.2) is 0 Å². The highest BCUT2D eigenvalue weighted by molar-refractivity contribution is 5.09. The van der Waals surface area contributed by atoms with Crippen molar-refractivity contribution in [1.82, 2.24) is 20.0 Å². The average Bonchev–Trinajstić information content (AvgIpc) is 2.53. The molecule has 0 saturated carbocycles. The summed E-state index contributed by atoms with van der Waals surface area (Å²) in [6, 6.07) is 0. The molecule has 0 radical (unpaired) electrons. The van der Waals surface area contributed by atoms with Crippen molar-refractivity contribution in [2.75, 3.05) is 53.1 Å². The summed E-state index contributed by atoms with van der Waals surface area (Å²) in [5.41, 5.74) is 0.402. The summed E-state index contributed by atoms with van der Waals surface area (Å²) < 4.78 is 0. The Kier molecular flexibility index (Phi) is 3.63. The number of hydrogen-bond donors (Lipinski definition) is 1. The van der Waals surface area contributed by atoms with Gasteiger partial charge >= 0.3 is 0 Å². The van der Waals surface area contributed by atoms with Crippen LogP contribution in [0.4, 0.5) is 0 Å². The van der Waals surface area contributed by atoms with Gasteiger partial charge in [-0.15, -0.1) is 0 Å². The molecule has 4 nitrogen and oxygen atoms in total. The van der Waals surface area contributed by atoms with Gasteiger partial charge in [-0.05, 0) is 20.0 Å². The van der Waals surface area contributed by atoms with Crippen LogP contribution in [0.15, 0.2) is 0 Å². The van der Waals surface area contributed by atoms with Crippen LogP contribution in [0.25, 0.3) is 0 Å². The Hall–Kier alpha value is -0.160. The second-order valence-corrected chi connectivity index (χ2v) is 6.52. The molecule has 3 rings (SSSR count). The smallest absolute Gasteiger partial charge is 0.0519 e. The predicted molar refractivity (Wildman–Crippen MR) is 74.4 cm³/mol. The van der Waals surface area contributed by atoms with Crippen molar-refractivity contribution in [3.63, 3.8) is 0 Å². The molecule has 4 atom stereocenters. The molecule has 3 heterocycles. The van der Waals surface area contributed by atoms with E-state index < -0.39 is 0 Å². The molecular formula is C14H28N4. The standard InChI is InChI=1S/C14H28N4/c1-3-4-5-6-16(2)14-9-15-11-18-8-13(14)7-17(10-14)12-18/h13,15H,3-12H2,1-2H3. The van der Waals surface area contributed by atoms with E-state index in [1.54, 1.807) is 0 Å². The van der Waals surface area contributed by atoms with E-state index in [1.165, 1.54) is 58.7 Å². The van der Waals surface area contributed by atoms with Crippen molar-refractivity contribution in [3.05, 3.63) is 0 Å². The first kappa shape index (κ1) is 12.9. The zero-order valence-corrected chi connectivity index (χ0v) is 12.0. The molecule has 0 aromatic carbocycles. The molecule has 4 heteroatoms. The van der Waals surface area contributed by atoms with Crippen LogP contribution in [0.3, 0.4) is 0 Å². The molecule has 4 unspecified atom stereocenters. The second kappa shape index (κ2) is 5.08. The molecule has 0 aromatic rings. The fourth-order valence-corrected chi connectivity index (χ4v) is 4.18. The van der Waals surface area contributed by atoms with Crippen molar-refractivity contribution in [3.8, 4) is 0 Å². The van der Waals surface area contributed by atoms with Crippen LogP contribution < -0.4 is 5.32 Å². The summed E-state index contributed by atoms with van der Waals surface area (Å²) in [6.45, 7) is 10.9. The number of rotatable bonds is 5. The van der Waals surface area contributed by atoms with E-state index in [0.717, 1.165) is 12.6 Å². The van der Waals surface area contributed by atoms with Crippen molar-refractivity contribution >= 4 is 0 Å². The number of likely N-dealkylation sites (N-methyl/N-ethyl adjacent to an activating group) is 1. The van der Waals surface area contributed by atoms with Gasteiger partial charge in [0.25, 0.3) is 0 Å². The Labute approximate surface area is 111 Å². The largest absolute Gasteiger partial charge is 0.302 e. The van der Waals surface area contributed by atoms with Gasteiger partial charge in [-0.2, -0.15) is 0 Å². The lowest BCUT2D eigenvalue weighted by atomic mass is 9.85. The number of nitrogens with one attached hydrogen (secondary N) is 1. The van der Waals surface area contributed by atoms with E-state index >= 15 is 0 Å². The molecule has 3 saturated heterocycles. The maximum Gasteiger partial charge on any atom is 0.0519 e. The van der Waals surface area contributed by atoms with Gasteiger partial charge in [0.1, 0.15) is 0 Å². The summed E-state index contributed by atoms with van der Waals surface area (Å²) in [7, 11) is 2.36. The van der Waals surface area contributed by atoms with Crippen LogP contribution in [0, 0.1) is 5.92 Å². The zero-order chi connectivity index (χ0) is 12.6. The van der Waals surface area contributed by atoms with Gasteiger partial charge in [0, 0.05) is 38.8 Å². The summed E-state index contributed by atoms with van der Waals surface area (Å²) >= 11 is 0. The third-order valence-electron chi connectivity index (χ3n) is 5.24. The van der Waals surface area contributed by atoms with Crippen LogP contribution in [-0.4, -0.2) is 73.3 Å². The molecule has 0 aromatic heterocycles. The molecule has 0 spiro atoms. The highest BCUT2D eigenvalue weighted by atomic mass is 15.4. The van der Waals surface area contributed by atoms with Crippen molar-refractivity contribution < 1.29 is 0 Å². The Bertz CT molecular complexity index is 296. The molecule has 0 aliphatic carbocycles. The molecule has 3 aliphatic heterocycles. The van der Waals surface area contributed by atoms with Crippen molar-refractivity contribution in [2.45, 2.75) is 31.7 Å². The fraction of sp³-hybridized carbons (Fsp3) is 1.00. The lowest BCUT2D eigenvalue weighted by molar-refractivity contribution is 0.0940. The maximum absolute atomic E-state index is 3.68. The van der Waals surface area contributed by atoms with Crippen LogP contribution >= 0.6 is 0 Å². The minimum atomic E-state index is 0.402. The monoisotopic (exact) mass is 252 g/mol. The molecule has 3 bridgehead atoms. The van der Waals surface area contributed by atoms with E-state index in [0.29, 0.717) is 5.54 Å². The third kappa shape index (κ3) is 2.09. The van der Waals surface area contributed by atoms with Gasteiger partial charge in [-0.3, -0.25) is 14.7 Å². The van der Waals surface area contributed by atoms with E-state index in [9.17, 15) is 0 Å². The van der Waals surface area contributed by atoms with Crippen LogP contribution in [0.5, 0.6) is 0 Å². The number of fused-ring (bicyclic) bond motifs is 2. The Balaban J connectivity index is 1.71. The van der Waals surface area contributed by atoms with Gasteiger partial charge in [-0.1, -0.05) is 19.8 Å². The molecule has 0 amide bonds. The highest BCUT2D eigenvalue weighted by Gasteiger charge is 2.53. The number of unbranched alkanes of at least 4 members (excludes halogenated alkanes) is 2. The minimum absolute atomic E-state index is 0.402. The first-order valence-corrected chi connectivity index (χ1v) is 7.61. The SMILES string of the molecule is CCCCCN(C)C12CNCN3CC1CN(C3)C2. The quantitative estimate of drug-likeness (QED) is 0.724. The highest BCUT2D eigenvalue weighted by Crippen LogP contribution is 2.37. The summed E-state index contributed by atoms with van der Waals surface area (Å²) in [5.74, 6) is 0.841. The summed E-state index contributed by atoms with van der Waals surface area (Å²) in [6.07, 6.45) is 4.04. The normalized spacial score (nSPS) is 42.5. The maximum atomic E-state index is 3.68. The Morgan fingerprint density at radius 2 is 2.11 bits per heavy atom. The summed E-state index contributed by atoms with van der Waals surface area (Å²) in [5, 5.41) is 3.68. The van der Waals surface area contributed by atoms with Crippen LogP contribution in [-0.2, 0) is 0 Å². The minimum Gasteiger partial charge on any atom is -0.302 e. The van der Waals surface area contributed by atoms with Gasteiger partial charge < -0.3 is 5.32 Å². The lowest BCUT2D eigenvalue weighted by Crippen LogP contribution is -2.58. The lowest BCUT2D eigenvalue weighted by Gasteiger charge is -2.41. The second-order valence-electron chi connectivity index (χ2n) is 6.52. The van der Waals surface area contributed by atoms with Crippen molar-refractivity contribution in [2.24, 2.45) is 5.92 Å². The Morgan fingerprint density at radius 1 is 1.28 bits per heavy atom. The molecule has 18 heavy (non-hydrogen) atoms. The predicted octanol–water partition coefficient (Wildman–Crippen LogP) is 0.613. The summed E-state index contributed by atoms with van der Waals surface area (Å²) in [4.78, 5) is 7.91. The van der Waals surface area contributed by atoms with Crippen LogP contribution in [0.1, 0.15) is 26.2 Å². The van der Waals surface area contributed by atoms with E-state index in [1.807, 2.05) is 0 Å².